The lowest BCUT2D eigenvalue weighted by molar-refractivity contribution is 0.284. The van der Waals surface area contributed by atoms with Crippen molar-refractivity contribution < 1.29 is 9.47 Å². The molecule has 0 amide bonds. The van der Waals surface area contributed by atoms with Gasteiger partial charge in [-0.15, -0.1) is 0 Å². The summed E-state index contributed by atoms with van der Waals surface area (Å²) in [7, 11) is 0. The van der Waals surface area contributed by atoms with Gasteiger partial charge in [0, 0.05) is 5.56 Å². The van der Waals surface area contributed by atoms with Crippen LogP contribution in [0, 0.1) is 6.92 Å². The van der Waals surface area contributed by atoms with Crippen molar-refractivity contribution in [3.8, 4) is 11.5 Å². The zero-order valence-corrected chi connectivity index (χ0v) is 25.1. The Morgan fingerprint density at radius 3 is 1.14 bits per heavy atom. The van der Waals surface area contributed by atoms with Crippen molar-refractivity contribution >= 4 is 0 Å². The molecule has 0 atom stereocenters. The van der Waals surface area contributed by atoms with Gasteiger partial charge in [-0.2, -0.15) is 0 Å². The first-order chi connectivity index (χ1) is 18.3. The molecule has 0 N–H and O–H groups in total. The summed E-state index contributed by atoms with van der Waals surface area (Å²) in [6.45, 7) is 10.3. The number of unbranched alkanes of at least 4 members (excludes halogenated alkanes) is 20. The average molecular weight is 516 g/mol. The molecule has 0 saturated heterocycles. The Labute approximate surface area is 232 Å². The van der Waals surface area contributed by atoms with Gasteiger partial charge in [-0.1, -0.05) is 155 Å². The summed E-state index contributed by atoms with van der Waals surface area (Å²) >= 11 is 0. The summed E-state index contributed by atoms with van der Waals surface area (Å²) in [6, 6.07) is 6.30. The molecule has 1 aromatic carbocycles. The van der Waals surface area contributed by atoms with Crippen molar-refractivity contribution in [2.24, 2.45) is 0 Å². The first-order valence-corrected chi connectivity index (χ1v) is 16.5. The van der Waals surface area contributed by atoms with Gasteiger partial charge in [0.1, 0.15) is 11.5 Å². The summed E-state index contributed by atoms with van der Waals surface area (Å²) in [5, 5.41) is 0. The monoisotopic (exact) mass is 515 g/mol. The van der Waals surface area contributed by atoms with Gasteiger partial charge >= 0.3 is 0 Å². The molecule has 0 fully saturated rings. The van der Waals surface area contributed by atoms with E-state index in [9.17, 15) is 0 Å². The Bertz CT molecular complexity index is 551. The lowest BCUT2D eigenvalue weighted by atomic mass is 10.1. The third-order valence-corrected chi connectivity index (χ3v) is 7.53. The second-order valence-corrected chi connectivity index (χ2v) is 11.1. The maximum atomic E-state index is 6.22. The Hall–Kier alpha value is -1.18. The fourth-order valence-corrected chi connectivity index (χ4v) is 5.14. The minimum atomic E-state index is 0.809. The smallest absolute Gasteiger partial charge is 0.126 e. The molecule has 0 saturated carbocycles. The number of hydrogen-bond acceptors (Lipinski definition) is 2. The van der Waals surface area contributed by atoms with E-state index in [0.717, 1.165) is 50.4 Å². The van der Waals surface area contributed by atoms with Crippen LogP contribution in [0.1, 0.15) is 167 Å². The van der Waals surface area contributed by atoms with Gasteiger partial charge in [0.25, 0.3) is 0 Å². The molecule has 215 valence electrons. The third kappa shape index (κ3) is 19.5. The molecule has 2 heteroatoms. The molecule has 0 aliphatic rings. The van der Waals surface area contributed by atoms with Crippen molar-refractivity contribution in [2.75, 3.05) is 13.2 Å². The van der Waals surface area contributed by atoms with Crippen LogP contribution in [0.4, 0.5) is 0 Å². The van der Waals surface area contributed by atoms with Crippen LogP contribution >= 0.6 is 0 Å². The second kappa shape index (κ2) is 26.4. The zero-order chi connectivity index (χ0) is 26.7. The summed E-state index contributed by atoms with van der Waals surface area (Å²) in [5.41, 5.74) is 1.21. The topological polar surface area (TPSA) is 18.5 Å². The van der Waals surface area contributed by atoms with Gasteiger partial charge in [-0.3, -0.25) is 0 Å². The van der Waals surface area contributed by atoms with E-state index in [1.807, 2.05) is 0 Å². The Morgan fingerprint density at radius 2 is 0.811 bits per heavy atom. The van der Waals surface area contributed by atoms with Gasteiger partial charge in [0.05, 0.1) is 13.2 Å². The normalized spacial score (nSPS) is 11.2. The molecule has 0 unspecified atom stereocenters. The predicted octanol–water partition coefficient (Wildman–Crippen LogP) is 11.8. The number of ether oxygens (including phenoxy) is 2. The quantitative estimate of drug-likeness (QED) is 0.103. The van der Waals surface area contributed by atoms with E-state index in [1.165, 1.54) is 134 Å². The van der Waals surface area contributed by atoms with Crippen molar-refractivity contribution in [1.29, 1.82) is 0 Å². The lowest BCUT2D eigenvalue weighted by Gasteiger charge is -2.16. The fraction of sp³-hybridized carbons (Fsp3) is 0.800. The first kappa shape index (κ1) is 33.8. The van der Waals surface area contributed by atoms with Crippen LogP contribution < -0.4 is 9.47 Å². The van der Waals surface area contributed by atoms with Gasteiger partial charge in [-0.25, -0.2) is 0 Å². The van der Waals surface area contributed by atoms with Crippen LogP contribution in [0.15, 0.2) is 18.2 Å². The number of benzene rings is 1. The van der Waals surface area contributed by atoms with Crippen LogP contribution in [0.5, 0.6) is 11.5 Å². The van der Waals surface area contributed by atoms with Gasteiger partial charge in [0.2, 0.25) is 0 Å². The van der Waals surface area contributed by atoms with Crippen molar-refractivity contribution in [2.45, 2.75) is 168 Å². The summed E-state index contributed by atoms with van der Waals surface area (Å²) in [5.74, 6) is 2.01. The molecule has 0 spiro atoms. The third-order valence-electron chi connectivity index (χ3n) is 7.53. The van der Waals surface area contributed by atoms with Crippen LogP contribution in [-0.2, 0) is 6.42 Å². The second-order valence-electron chi connectivity index (χ2n) is 11.1. The largest absolute Gasteiger partial charge is 0.493 e. The standard InChI is InChI=1S/C35H63O2/c1-4-7-9-11-13-15-17-19-21-23-25-31-36-34-29-27-30-35(33(34)28-6-3)37-32-26-24-22-20-18-16-14-12-10-8-5-2/h27,29-30H,3-26,28,31-32H2,1-2H3. The maximum absolute atomic E-state index is 6.22. The highest BCUT2D eigenvalue weighted by Gasteiger charge is 2.10. The SMILES string of the molecule is [CH2]CCc1c(OCCCCCCCCCCCCC)cccc1OCCCCCCCCCCCCC. The molecule has 0 heterocycles. The number of hydrogen-bond donors (Lipinski definition) is 0. The van der Waals surface area contributed by atoms with Crippen molar-refractivity contribution in [3.63, 3.8) is 0 Å². The van der Waals surface area contributed by atoms with Gasteiger partial charge in [-0.05, 0) is 37.8 Å². The van der Waals surface area contributed by atoms with E-state index >= 15 is 0 Å². The Kier molecular flexibility index (Phi) is 24.2. The molecule has 0 aliphatic heterocycles. The molecule has 0 bridgehead atoms. The molecule has 2 nitrogen and oxygen atoms in total. The highest BCUT2D eigenvalue weighted by Crippen LogP contribution is 2.30. The van der Waals surface area contributed by atoms with Crippen molar-refractivity contribution in [3.05, 3.63) is 30.7 Å². The molecule has 1 aromatic rings. The summed E-state index contributed by atoms with van der Waals surface area (Å²) in [4.78, 5) is 0. The average Bonchev–Trinajstić information content (AvgIpc) is 2.91. The van der Waals surface area contributed by atoms with Gasteiger partial charge < -0.3 is 9.47 Å². The fourth-order valence-electron chi connectivity index (χ4n) is 5.14. The zero-order valence-electron chi connectivity index (χ0n) is 25.1. The highest BCUT2D eigenvalue weighted by molar-refractivity contribution is 5.45. The van der Waals surface area contributed by atoms with Crippen LogP contribution in [0.25, 0.3) is 0 Å². The summed E-state index contributed by atoms with van der Waals surface area (Å²) < 4.78 is 12.4. The van der Waals surface area contributed by atoms with E-state index in [0.29, 0.717) is 0 Å². The van der Waals surface area contributed by atoms with E-state index < -0.39 is 0 Å². The molecule has 0 aliphatic carbocycles. The minimum Gasteiger partial charge on any atom is -0.493 e. The summed E-state index contributed by atoms with van der Waals surface area (Å²) in [6.07, 6.45) is 31.8. The molecule has 1 radical (unpaired) electrons. The van der Waals surface area contributed by atoms with E-state index in [-0.39, 0.29) is 0 Å². The molecule has 1 rings (SSSR count). The first-order valence-electron chi connectivity index (χ1n) is 16.5. The number of rotatable bonds is 28. The van der Waals surface area contributed by atoms with E-state index in [2.05, 4.69) is 39.0 Å². The highest BCUT2D eigenvalue weighted by atomic mass is 16.5. The maximum Gasteiger partial charge on any atom is 0.126 e. The minimum absolute atomic E-state index is 0.809. The Balaban J connectivity index is 2.14. The molecule has 37 heavy (non-hydrogen) atoms. The van der Waals surface area contributed by atoms with Crippen LogP contribution in [0.3, 0.4) is 0 Å². The van der Waals surface area contributed by atoms with Crippen LogP contribution in [0.2, 0.25) is 0 Å². The van der Waals surface area contributed by atoms with Crippen LogP contribution in [-0.4, -0.2) is 13.2 Å². The molecular weight excluding hydrogens is 452 g/mol. The molecular formula is C35H63O2. The lowest BCUT2D eigenvalue weighted by Crippen LogP contribution is -2.04. The predicted molar refractivity (Wildman–Crippen MR) is 164 cm³/mol. The van der Waals surface area contributed by atoms with E-state index in [1.54, 1.807) is 0 Å². The Morgan fingerprint density at radius 1 is 0.486 bits per heavy atom. The molecule has 0 aromatic heterocycles. The van der Waals surface area contributed by atoms with Gasteiger partial charge in [0.15, 0.2) is 0 Å². The van der Waals surface area contributed by atoms with E-state index in [4.69, 9.17) is 9.47 Å². The van der Waals surface area contributed by atoms with Crippen molar-refractivity contribution in [1.82, 2.24) is 0 Å².